The van der Waals surface area contributed by atoms with Gasteiger partial charge in [-0.3, -0.25) is 9.59 Å². The lowest BCUT2D eigenvalue weighted by molar-refractivity contribution is -0.128. The number of thioether (sulfide) groups is 1. The first kappa shape index (κ1) is 21.2. The highest BCUT2D eigenvalue weighted by Gasteiger charge is 2.27. The van der Waals surface area contributed by atoms with Crippen LogP contribution in [0.3, 0.4) is 0 Å². The summed E-state index contributed by atoms with van der Waals surface area (Å²) in [6.45, 7) is 2.55. The molecule has 8 heteroatoms. The molecule has 1 saturated heterocycles. The van der Waals surface area contributed by atoms with Gasteiger partial charge in [0.05, 0.1) is 11.4 Å². The number of para-hydroxylation sites is 1. The lowest BCUT2D eigenvalue weighted by atomic mass is 10.1. The minimum absolute atomic E-state index is 0.110. The molecule has 1 aromatic rings. The first-order valence-corrected chi connectivity index (χ1v) is 12.7. The number of hydrogen-bond donors (Lipinski definition) is 0. The molecule has 7 nitrogen and oxygen atoms in total. The Kier molecular flexibility index (Phi) is 6.30. The maximum absolute atomic E-state index is 13.3. The highest BCUT2D eigenvalue weighted by atomic mass is 32.2. The van der Waals surface area contributed by atoms with Crippen molar-refractivity contribution < 1.29 is 4.79 Å². The van der Waals surface area contributed by atoms with Crippen LogP contribution in [-0.4, -0.2) is 49.0 Å². The molecule has 1 aromatic carbocycles. The summed E-state index contributed by atoms with van der Waals surface area (Å²) in [5.74, 6) is 1.04. The van der Waals surface area contributed by atoms with E-state index < -0.39 is 0 Å². The number of rotatable bonds is 4. The van der Waals surface area contributed by atoms with Gasteiger partial charge in [0.1, 0.15) is 5.56 Å². The van der Waals surface area contributed by atoms with E-state index in [4.69, 9.17) is 4.98 Å². The van der Waals surface area contributed by atoms with Crippen molar-refractivity contribution in [1.29, 1.82) is 0 Å². The summed E-state index contributed by atoms with van der Waals surface area (Å²) in [5.41, 5.74) is 2.28. The average Bonchev–Trinajstić information content (AvgIpc) is 3.06. The molecule has 5 rings (SSSR count). The molecule has 0 bridgehead atoms. The van der Waals surface area contributed by atoms with Crippen LogP contribution in [0.25, 0.3) is 17.1 Å². The van der Waals surface area contributed by atoms with Gasteiger partial charge in [-0.2, -0.15) is 4.68 Å². The Hall–Kier alpha value is -2.61. The SMILES string of the molecule is O=C(CSc1nc2nn(-c3ccccc3)c(=O)c-2c2n1CCCCC2)N1CCCCCC1. The van der Waals surface area contributed by atoms with Crippen LogP contribution in [0.15, 0.2) is 40.3 Å². The molecule has 4 heterocycles. The van der Waals surface area contributed by atoms with E-state index in [0.717, 1.165) is 74.7 Å². The minimum Gasteiger partial charge on any atom is -0.342 e. The molecule has 0 spiro atoms. The molecule has 0 atom stereocenters. The van der Waals surface area contributed by atoms with E-state index in [1.165, 1.54) is 29.3 Å². The van der Waals surface area contributed by atoms with Gasteiger partial charge in [0.2, 0.25) is 5.91 Å². The first-order chi connectivity index (χ1) is 15.7. The standard InChI is InChI=1S/C24H29N5O2S/c30-20(27-14-8-1-2-9-15-27)17-32-24-25-22-21(19-13-7-4-10-16-28(19)24)23(31)29(26-22)18-11-5-3-6-12-18/h3,5-6,11-12H,1-2,4,7-10,13-17H2. The Morgan fingerprint density at radius 3 is 2.44 bits per heavy atom. The van der Waals surface area contributed by atoms with E-state index in [1.807, 2.05) is 35.2 Å². The predicted octanol–water partition coefficient (Wildman–Crippen LogP) is 3.75. The Bertz CT molecular complexity index is 1120. The molecule has 0 aromatic heterocycles. The third-order valence-corrected chi connectivity index (χ3v) is 7.41. The Morgan fingerprint density at radius 1 is 0.938 bits per heavy atom. The summed E-state index contributed by atoms with van der Waals surface area (Å²) in [7, 11) is 0. The second-order valence-electron chi connectivity index (χ2n) is 8.64. The van der Waals surface area contributed by atoms with Crippen molar-refractivity contribution in [2.45, 2.75) is 63.1 Å². The number of hydrogen-bond acceptors (Lipinski definition) is 5. The summed E-state index contributed by atoms with van der Waals surface area (Å²) >= 11 is 1.49. The van der Waals surface area contributed by atoms with Crippen molar-refractivity contribution in [3.63, 3.8) is 0 Å². The molecule has 0 aliphatic carbocycles. The summed E-state index contributed by atoms with van der Waals surface area (Å²) in [6, 6.07) is 9.50. The van der Waals surface area contributed by atoms with Gasteiger partial charge >= 0.3 is 0 Å². The number of amides is 1. The van der Waals surface area contributed by atoms with Crippen LogP contribution in [0.5, 0.6) is 0 Å². The van der Waals surface area contributed by atoms with Crippen LogP contribution in [0.2, 0.25) is 0 Å². The van der Waals surface area contributed by atoms with Crippen molar-refractivity contribution in [1.82, 2.24) is 24.2 Å². The second-order valence-corrected chi connectivity index (χ2v) is 9.58. The molecule has 4 aliphatic heterocycles. The molecule has 168 valence electrons. The number of nitrogens with zero attached hydrogens (tertiary/aromatic N) is 5. The van der Waals surface area contributed by atoms with Gasteiger partial charge in [0, 0.05) is 25.3 Å². The van der Waals surface area contributed by atoms with Crippen LogP contribution >= 0.6 is 11.8 Å². The predicted molar refractivity (Wildman–Crippen MR) is 126 cm³/mol. The number of likely N-dealkylation sites (tertiary alicyclic amines) is 1. The normalized spacial score (nSPS) is 17.1. The zero-order valence-corrected chi connectivity index (χ0v) is 19.1. The number of aromatic nitrogens is 4. The fraction of sp³-hybridized carbons (Fsp3) is 0.500. The van der Waals surface area contributed by atoms with Gasteiger partial charge in [-0.15, -0.1) is 5.10 Å². The van der Waals surface area contributed by atoms with Crippen molar-refractivity contribution in [3.05, 3.63) is 46.4 Å². The Morgan fingerprint density at radius 2 is 1.66 bits per heavy atom. The molecule has 0 N–H and O–H groups in total. The van der Waals surface area contributed by atoms with Crippen molar-refractivity contribution in [3.8, 4) is 17.1 Å². The third-order valence-electron chi connectivity index (χ3n) is 6.45. The van der Waals surface area contributed by atoms with Gasteiger partial charge in [-0.1, -0.05) is 49.2 Å². The smallest absolute Gasteiger partial charge is 0.284 e. The van der Waals surface area contributed by atoms with Gasteiger partial charge in [-0.25, -0.2) is 4.98 Å². The number of carbonyl (C=O) groups is 1. The van der Waals surface area contributed by atoms with E-state index in [-0.39, 0.29) is 11.5 Å². The van der Waals surface area contributed by atoms with Gasteiger partial charge < -0.3 is 9.47 Å². The maximum Gasteiger partial charge on any atom is 0.284 e. The van der Waals surface area contributed by atoms with E-state index >= 15 is 0 Å². The van der Waals surface area contributed by atoms with Crippen molar-refractivity contribution in [2.24, 2.45) is 0 Å². The molecule has 32 heavy (non-hydrogen) atoms. The van der Waals surface area contributed by atoms with Crippen LogP contribution in [0, 0.1) is 0 Å². The first-order valence-electron chi connectivity index (χ1n) is 11.7. The van der Waals surface area contributed by atoms with Crippen molar-refractivity contribution >= 4 is 17.7 Å². The molecule has 0 unspecified atom stereocenters. The fourth-order valence-corrected chi connectivity index (χ4v) is 5.69. The zero-order chi connectivity index (χ0) is 21.9. The summed E-state index contributed by atoms with van der Waals surface area (Å²) in [5, 5.41) is 5.38. The van der Waals surface area contributed by atoms with E-state index in [0.29, 0.717) is 17.1 Å². The quantitative estimate of drug-likeness (QED) is 0.446. The molecule has 4 aliphatic rings. The van der Waals surface area contributed by atoms with E-state index in [2.05, 4.69) is 9.67 Å². The lowest BCUT2D eigenvalue weighted by Gasteiger charge is -2.21. The number of carbonyl (C=O) groups excluding carboxylic acids is 1. The topological polar surface area (TPSA) is 73.0 Å². The summed E-state index contributed by atoms with van der Waals surface area (Å²) in [6.07, 6.45) is 8.66. The number of fused-ring (bicyclic) bond motifs is 3. The maximum atomic E-state index is 13.3. The van der Waals surface area contributed by atoms with E-state index in [1.54, 1.807) is 0 Å². The van der Waals surface area contributed by atoms with E-state index in [9.17, 15) is 9.59 Å². The largest absolute Gasteiger partial charge is 0.342 e. The lowest BCUT2D eigenvalue weighted by Crippen LogP contribution is -2.33. The van der Waals surface area contributed by atoms with Crippen LogP contribution in [0.1, 0.15) is 50.6 Å². The molecule has 0 radical (unpaired) electrons. The number of benzene rings is 1. The monoisotopic (exact) mass is 451 g/mol. The third kappa shape index (κ3) is 4.20. The minimum atomic E-state index is -0.110. The highest BCUT2D eigenvalue weighted by Crippen LogP contribution is 2.30. The summed E-state index contributed by atoms with van der Waals surface area (Å²) < 4.78 is 3.63. The van der Waals surface area contributed by atoms with Gasteiger partial charge in [0.15, 0.2) is 11.0 Å². The zero-order valence-electron chi connectivity index (χ0n) is 18.3. The van der Waals surface area contributed by atoms with Gasteiger partial charge in [-0.05, 0) is 44.2 Å². The highest BCUT2D eigenvalue weighted by molar-refractivity contribution is 7.99. The molecular formula is C24H29N5O2S. The molecule has 1 fully saturated rings. The Labute approximate surface area is 192 Å². The average molecular weight is 452 g/mol. The second kappa shape index (κ2) is 9.48. The molecule has 1 amide bonds. The fourth-order valence-electron chi connectivity index (χ4n) is 4.75. The summed E-state index contributed by atoms with van der Waals surface area (Å²) in [4.78, 5) is 33.0. The van der Waals surface area contributed by atoms with Crippen molar-refractivity contribution in [2.75, 3.05) is 18.8 Å². The molecule has 0 saturated carbocycles. The van der Waals surface area contributed by atoms with Gasteiger partial charge in [0.25, 0.3) is 5.56 Å². The van der Waals surface area contributed by atoms with Crippen LogP contribution in [-0.2, 0) is 17.8 Å². The van der Waals surface area contributed by atoms with Crippen LogP contribution < -0.4 is 5.56 Å². The Balaban J connectivity index is 1.50. The van der Waals surface area contributed by atoms with Crippen LogP contribution in [0.4, 0.5) is 0 Å². The molecular weight excluding hydrogens is 422 g/mol.